The second-order valence-electron chi connectivity index (χ2n) is 3.25. The van der Waals surface area contributed by atoms with Crippen LogP contribution < -0.4 is 0 Å². The Kier molecular flexibility index (Phi) is 1.88. The summed E-state index contributed by atoms with van der Waals surface area (Å²) in [6.07, 6.45) is 0. The monoisotopic (exact) mass is 177 g/mol. The zero-order chi connectivity index (χ0) is 8.65. The van der Waals surface area contributed by atoms with E-state index >= 15 is 0 Å². The molecule has 1 aromatic heterocycles. The summed E-state index contributed by atoms with van der Waals surface area (Å²) in [5.41, 5.74) is -0.325. The van der Waals surface area contributed by atoms with Crippen molar-refractivity contribution < 1.29 is 4.39 Å². The molecule has 3 nitrogen and oxygen atoms in total. The number of hydrogen-bond acceptors (Lipinski definition) is 2. The molecule has 0 bridgehead atoms. The highest BCUT2D eigenvalue weighted by Crippen LogP contribution is 2.20. The summed E-state index contributed by atoms with van der Waals surface area (Å²) < 4.78 is 13.9. The predicted molar refractivity (Wildman–Crippen MR) is 40.0 cm³/mol. The lowest BCUT2D eigenvalue weighted by Crippen LogP contribution is -2.23. The minimum absolute atomic E-state index is 0.0440. The first-order chi connectivity index (χ1) is 4.93. The van der Waals surface area contributed by atoms with E-state index in [-0.39, 0.29) is 10.7 Å². The number of aromatic nitrogens is 3. The van der Waals surface area contributed by atoms with Gasteiger partial charge in [0.15, 0.2) is 5.15 Å². The van der Waals surface area contributed by atoms with Gasteiger partial charge in [0.05, 0.1) is 5.54 Å². The third-order valence-electron chi connectivity index (χ3n) is 1.21. The Hall–Kier alpha value is -0.640. The van der Waals surface area contributed by atoms with Crippen molar-refractivity contribution in [3.63, 3.8) is 0 Å². The van der Waals surface area contributed by atoms with Crippen LogP contribution in [0.1, 0.15) is 20.8 Å². The maximum atomic E-state index is 12.5. The zero-order valence-electron chi connectivity index (χ0n) is 6.60. The maximum Gasteiger partial charge on any atom is 0.271 e. The first-order valence-corrected chi connectivity index (χ1v) is 3.58. The highest BCUT2D eigenvalue weighted by Gasteiger charge is 2.20. The topological polar surface area (TPSA) is 30.7 Å². The maximum absolute atomic E-state index is 12.5. The summed E-state index contributed by atoms with van der Waals surface area (Å²) in [6, 6.07) is 0. The van der Waals surface area contributed by atoms with E-state index in [9.17, 15) is 4.39 Å². The average Bonchev–Trinajstić information content (AvgIpc) is 2.11. The number of nitrogens with zero attached hydrogens (tertiary/aromatic N) is 3. The lowest BCUT2D eigenvalue weighted by molar-refractivity contribution is 0.347. The van der Waals surface area contributed by atoms with Gasteiger partial charge in [-0.15, -0.1) is 0 Å². The van der Waals surface area contributed by atoms with Crippen LogP contribution in [0.15, 0.2) is 0 Å². The van der Waals surface area contributed by atoms with E-state index in [0.717, 1.165) is 0 Å². The summed E-state index contributed by atoms with van der Waals surface area (Å²) in [6.45, 7) is 5.60. The summed E-state index contributed by atoms with van der Waals surface area (Å²) in [5, 5.41) is 6.70. The van der Waals surface area contributed by atoms with Gasteiger partial charge >= 0.3 is 0 Å². The zero-order valence-corrected chi connectivity index (χ0v) is 7.35. The van der Waals surface area contributed by atoms with Crippen molar-refractivity contribution in [3.05, 3.63) is 11.1 Å². The fraction of sp³-hybridized carbons (Fsp3) is 0.667. The molecule has 0 unspecified atom stereocenters. The Morgan fingerprint density at radius 3 is 2.18 bits per heavy atom. The lowest BCUT2D eigenvalue weighted by Gasteiger charge is -2.18. The van der Waals surface area contributed by atoms with Crippen molar-refractivity contribution in [3.8, 4) is 0 Å². The van der Waals surface area contributed by atoms with Crippen LogP contribution in [0.4, 0.5) is 4.39 Å². The summed E-state index contributed by atoms with van der Waals surface area (Å²) >= 11 is 5.56. The molecule has 1 heterocycles. The molecule has 0 saturated carbocycles. The molecule has 0 aromatic carbocycles. The van der Waals surface area contributed by atoms with Gasteiger partial charge in [0.1, 0.15) is 0 Å². The van der Waals surface area contributed by atoms with E-state index in [1.165, 1.54) is 4.68 Å². The number of hydrogen-bond donors (Lipinski definition) is 0. The van der Waals surface area contributed by atoms with Crippen molar-refractivity contribution in [1.82, 2.24) is 15.0 Å². The molecule has 0 radical (unpaired) electrons. The highest BCUT2D eigenvalue weighted by molar-refractivity contribution is 6.29. The van der Waals surface area contributed by atoms with Gasteiger partial charge in [-0.3, -0.25) is 0 Å². The van der Waals surface area contributed by atoms with Crippen LogP contribution in [0.25, 0.3) is 0 Å². The third-order valence-corrected chi connectivity index (χ3v) is 1.53. The van der Waals surface area contributed by atoms with Gasteiger partial charge < -0.3 is 0 Å². The van der Waals surface area contributed by atoms with E-state index in [0.29, 0.717) is 0 Å². The fourth-order valence-corrected chi connectivity index (χ4v) is 1.01. The highest BCUT2D eigenvalue weighted by atomic mass is 35.5. The van der Waals surface area contributed by atoms with Gasteiger partial charge in [0, 0.05) is 0 Å². The van der Waals surface area contributed by atoms with Crippen LogP contribution in [0, 0.1) is 5.95 Å². The molecule has 11 heavy (non-hydrogen) atoms. The summed E-state index contributed by atoms with van der Waals surface area (Å²) in [4.78, 5) is 0. The molecule has 5 heteroatoms. The smallest absolute Gasteiger partial charge is 0.225 e. The Bertz CT molecular complexity index is 263. The largest absolute Gasteiger partial charge is 0.271 e. The van der Waals surface area contributed by atoms with Crippen LogP contribution in [0.5, 0.6) is 0 Å². The van der Waals surface area contributed by atoms with Crippen LogP contribution in [-0.2, 0) is 5.54 Å². The van der Waals surface area contributed by atoms with Crippen molar-refractivity contribution in [1.29, 1.82) is 0 Å². The Morgan fingerprint density at radius 1 is 1.45 bits per heavy atom. The third kappa shape index (κ3) is 1.50. The molecule has 1 rings (SSSR count). The molecule has 0 fully saturated rings. The first-order valence-electron chi connectivity index (χ1n) is 3.20. The lowest BCUT2D eigenvalue weighted by atomic mass is 10.1. The van der Waals surface area contributed by atoms with Crippen molar-refractivity contribution in [2.45, 2.75) is 26.3 Å². The van der Waals surface area contributed by atoms with Crippen LogP contribution in [0.2, 0.25) is 5.15 Å². The Labute approximate surface area is 69.2 Å². The van der Waals surface area contributed by atoms with Crippen molar-refractivity contribution in [2.75, 3.05) is 0 Å². The van der Waals surface area contributed by atoms with E-state index in [4.69, 9.17) is 11.6 Å². The first kappa shape index (κ1) is 8.46. The fourth-order valence-electron chi connectivity index (χ4n) is 0.681. The van der Waals surface area contributed by atoms with Gasteiger partial charge in [0.25, 0.3) is 5.95 Å². The van der Waals surface area contributed by atoms with E-state index in [1.807, 2.05) is 20.8 Å². The molecule has 0 saturated heterocycles. The van der Waals surface area contributed by atoms with Gasteiger partial charge in [-0.25, -0.2) is 4.68 Å². The normalized spacial score (nSPS) is 12.1. The second kappa shape index (κ2) is 2.44. The summed E-state index contributed by atoms with van der Waals surface area (Å²) in [7, 11) is 0. The van der Waals surface area contributed by atoms with Gasteiger partial charge in [-0.1, -0.05) is 21.9 Å². The predicted octanol–water partition coefficient (Wildman–Crippen LogP) is 1.83. The average molecular weight is 178 g/mol. The minimum atomic E-state index is -0.721. The standard InChI is InChI=1S/C6H9ClFN3/c1-6(2,3)11-4(7)5(8)9-10-11/h1-3H3. The Morgan fingerprint density at radius 2 is 2.00 bits per heavy atom. The molecule has 0 aliphatic heterocycles. The molecular formula is C6H9ClFN3. The molecule has 1 aromatic rings. The van der Waals surface area contributed by atoms with E-state index in [1.54, 1.807) is 0 Å². The molecule has 0 aliphatic carbocycles. The van der Waals surface area contributed by atoms with Crippen molar-refractivity contribution >= 4 is 11.6 Å². The molecule has 0 amide bonds. The summed E-state index contributed by atoms with van der Waals surface area (Å²) in [5.74, 6) is -0.721. The van der Waals surface area contributed by atoms with Crippen LogP contribution in [0.3, 0.4) is 0 Å². The molecular weight excluding hydrogens is 169 g/mol. The molecule has 0 atom stereocenters. The van der Waals surface area contributed by atoms with E-state index in [2.05, 4.69) is 10.3 Å². The van der Waals surface area contributed by atoms with Gasteiger partial charge in [-0.2, -0.15) is 4.39 Å². The number of rotatable bonds is 0. The number of halogens is 2. The van der Waals surface area contributed by atoms with Crippen LogP contribution >= 0.6 is 11.6 Å². The molecule has 0 aliphatic rings. The Balaban J connectivity index is 3.15. The van der Waals surface area contributed by atoms with Gasteiger partial charge in [0.2, 0.25) is 0 Å². The molecule has 62 valence electrons. The van der Waals surface area contributed by atoms with Gasteiger partial charge in [-0.05, 0) is 20.8 Å². The SMILES string of the molecule is CC(C)(C)n1nnc(F)c1Cl. The molecule has 0 spiro atoms. The minimum Gasteiger partial charge on any atom is -0.225 e. The molecule has 0 N–H and O–H groups in total. The second-order valence-corrected chi connectivity index (χ2v) is 3.61. The van der Waals surface area contributed by atoms with E-state index < -0.39 is 5.95 Å². The van der Waals surface area contributed by atoms with Crippen molar-refractivity contribution in [2.24, 2.45) is 0 Å². The van der Waals surface area contributed by atoms with Crippen LogP contribution in [-0.4, -0.2) is 15.0 Å². The quantitative estimate of drug-likeness (QED) is 0.605.